The SMILES string of the molecule is FC(F)Cn1ccc(Nc2cc3[nH]ncc3c(Cc3ccccc3)n2)n1. The fourth-order valence-corrected chi connectivity index (χ4v) is 2.80. The van der Waals surface area contributed by atoms with Crippen LogP contribution in [0.5, 0.6) is 0 Å². The normalized spacial score (nSPS) is 11.3. The molecule has 0 fully saturated rings. The maximum absolute atomic E-state index is 12.5. The molecule has 0 spiro atoms. The molecule has 0 aliphatic heterocycles. The Morgan fingerprint density at radius 2 is 1.96 bits per heavy atom. The molecule has 1 aromatic carbocycles. The molecule has 0 saturated carbocycles. The molecule has 3 heterocycles. The Kier molecular flexibility index (Phi) is 4.30. The summed E-state index contributed by atoms with van der Waals surface area (Å²) in [6.07, 6.45) is 1.47. The molecule has 6 nitrogen and oxygen atoms in total. The van der Waals surface area contributed by atoms with E-state index in [0.29, 0.717) is 18.1 Å². The fraction of sp³-hybridized carbons (Fsp3) is 0.167. The van der Waals surface area contributed by atoms with Crippen LogP contribution in [0, 0.1) is 0 Å². The van der Waals surface area contributed by atoms with Crippen molar-refractivity contribution >= 4 is 22.5 Å². The second kappa shape index (κ2) is 6.91. The van der Waals surface area contributed by atoms with E-state index in [-0.39, 0.29) is 0 Å². The van der Waals surface area contributed by atoms with Gasteiger partial charge in [0, 0.05) is 30.1 Å². The molecule has 0 aliphatic rings. The predicted molar refractivity (Wildman–Crippen MR) is 94.7 cm³/mol. The molecule has 2 N–H and O–H groups in total. The van der Waals surface area contributed by atoms with Crippen LogP contribution in [-0.4, -0.2) is 31.4 Å². The molecule has 0 radical (unpaired) electrons. The smallest absolute Gasteiger partial charge is 0.257 e. The highest BCUT2D eigenvalue weighted by atomic mass is 19.3. The van der Waals surface area contributed by atoms with Crippen molar-refractivity contribution in [1.82, 2.24) is 25.0 Å². The van der Waals surface area contributed by atoms with E-state index in [4.69, 9.17) is 0 Å². The zero-order valence-electron chi connectivity index (χ0n) is 13.7. The molecule has 0 saturated heterocycles. The molecule has 4 rings (SSSR count). The van der Waals surface area contributed by atoms with Crippen LogP contribution in [0.3, 0.4) is 0 Å². The van der Waals surface area contributed by atoms with Gasteiger partial charge in [0.05, 0.1) is 17.4 Å². The summed E-state index contributed by atoms with van der Waals surface area (Å²) >= 11 is 0. The van der Waals surface area contributed by atoms with E-state index in [1.165, 1.54) is 10.9 Å². The minimum atomic E-state index is -2.44. The Bertz CT molecular complexity index is 1010. The molecule has 0 bridgehead atoms. The first-order valence-corrected chi connectivity index (χ1v) is 8.13. The second-order valence-electron chi connectivity index (χ2n) is 5.89. The maximum Gasteiger partial charge on any atom is 0.257 e. The van der Waals surface area contributed by atoms with E-state index >= 15 is 0 Å². The van der Waals surface area contributed by atoms with Crippen molar-refractivity contribution in [3.05, 3.63) is 66.1 Å². The number of alkyl halides is 2. The van der Waals surface area contributed by atoms with Crippen LogP contribution in [0.25, 0.3) is 10.9 Å². The lowest BCUT2D eigenvalue weighted by atomic mass is 10.1. The van der Waals surface area contributed by atoms with E-state index in [9.17, 15) is 8.78 Å². The Hall–Kier alpha value is -3.29. The van der Waals surface area contributed by atoms with Gasteiger partial charge in [-0.1, -0.05) is 30.3 Å². The van der Waals surface area contributed by atoms with Gasteiger partial charge in [0.25, 0.3) is 6.43 Å². The number of anilines is 2. The Morgan fingerprint density at radius 3 is 2.77 bits per heavy atom. The highest BCUT2D eigenvalue weighted by molar-refractivity contribution is 5.83. The zero-order chi connectivity index (χ0) is 17.9. The number of aromatic nitrogens is 5. The van der Waals surface area contributed by atoms with E-state index < -0.39 is 13.0 Å². The quantitative estimate of drug-likeness (QED) is 0.553. The first-order chi connectivity index (χ1) is 12.7. The number of hydrogen-bond acceptors (Lipinski definition) is 4. The van der Waals surface area contributed by atoms with E-state index in [0.717, 1.165) is 22.2 Å². The highest BCUT2D eigenvalue weighted by Crippen LogP contribution is 2.23. The largest absolute Gasteiger partial charge is 0.323 e. The van der Waals surface area contributed by atoms with Crippen LogP contribution in [-0.2, 0) is 13.0 Å². The third kappa shape index (κ3) is 3.53. The van der Waals surface area contributed by atoms with Gasteiger partial charge >= 0.3 is 0 Å². The molecule has 8 heteroatoms. The van der Waals surface area contributed by atoms with Crippen molar-refractivity contribution in [2.24, 2.45) is 0 Å². The second-order valence-corrected chi connectivity index (χ2v) is 5.89. The van der Waals surface area contributed by atoms with Gasteiger partial charge in [-0.2, -0.15) is 10.2 Å². The van der Waals surface area contributed by atoms with Crippen molar-refractivity contribution in [3.8, 4) is 0 Å². The van der Waals surface area contributed by atoms with Crippen LogP contribution in [0.2, 0.25) is 0 Å². The van der Waals surface area contributed by atoms with E-state index in [2.05, 4.69) is 25.6 Å². The molecular weight excluding hydrogens is 338 g/mol. The van der Waals surface area contributed by atoms with Crippen LogP contribution < -0.4 is 5.32 Å². The highest BCUT2D eigenvalue weighted by Gasteiger charge is 2.11. The summed E-state index contributed by atoms with van der Waals surface area (Å²) < 4.78 is 26.1. The van der Waals surface area contributed by atoms with Crippen molar-refractivity contribution < 1.29 is 8.78 Å². The van der Waals surface area contributed by atoms with Gasteiger partial charge < -0.3 is 5.32 Å². The van der Waals surface area contributed by atoms with Crippen molar-refractivity contribution in [2.75, 3.05) is 5.32 Å². The fourth-order valence-electron chi connectivity index (χ4n) is 2.80. The first-order valence-electron chi connectivity index (χ1n) is 8.13. The summed E-state index contributed by atoms with van der Waals surface area (Å²) in [4.78, 5) is 4.67. The van der Waals surface area contributed by atoms with Crippen molar-refractivity contribution in [1.29, 1.82) is 0 Å². The molecule has 0 amide bonds. The third-order valence-corrected chi connectivity index (χ3v) is 3.95. The van der Waals surface area contributed by atoms with Crippen molar-refractivity contribution in [2.45, 2.75) is 19.4 Å². The van der Waals surface area contributed by atoms with Gasteiger partial charge in [-0.3, -0.25) is 9.78 Å². The molecule has 4 aromatic rings. The minimum absolute atomic E-state index is 0.437. The van der Waals surface area contributed by atoms with Gasteiger partial charge in [0.15, 0.2) is 5.82 Å². The molecule has 3 aromatic heterocycles. The number of H-pyrrole nitrogens is 1. The number of fused-ring (bicyclic) bond motifs is 1. The average Bonchev–Trinajstić information content (AvgIpc) is 3.25. The number of nitrogens with zero attached hydrogens (tertiary/aromatic N) is 4. The van der Waals surface area contributed by atoms with Crippen LogP contribution in [0.4, 0.5) is 20.4 Å². The minimum Gasteiger partial charge on any atom is -0.323 e. The van der Waals surface area contributed by atoms with Crippen LogP contribution >= 0.6 is 0 Å². The zero-order valence-corrected chi connectivity index (χ0v) is 13.7. The number of halogens is 2. The number of benzene rings is 1. The molecule has 0 unspecified atom stereocenters. The Morgan fingerprint density at radius 1 is 1.12 bits per heavy atom. The summed E-state index contributed by atoms with van der Waals surface area (Å²) in [5.41, 5.74) is 2.86. The number of aromatic amines is 1. The van der Waals surface area contributed by atoms with Gasteiger partial charge in [-0.15, -0.1) is 0 Å². The predicted octanol–water partition coefficient (Wildman–Crippen LogP) is 3.75. The molecule has 0 aliphatic carbocycles. The van der Waals surface area contributed by atoms with Gasteiger partial charge in [-0.25, -0.2) is 13.8 Å². The summed E-state index contributed by atoms with van der Waals surface area (Å²) in [6.45, 7) is -0.437. The maximum atomic E-state index is 12.5. The number of nitrogens with one attached hydrogen (secondary N) is 2. The summed E-state index contributed by atoms with van der Waals surface area (Å²) in [6, 6.07) is 13.5. The standard InChI is InChI=1S/C18H16F2N6/c19-16(20)11-26-7-6-17(25-26)23-18-9-15-13(10-21-24-15)14(22-18)8-12-4-2-1-3-5-12/h1-7,9-10,16H,8,11H2,(H,21,24)(H,22,23,25). The van der Waals surface area contributed by atoms with Crippen LogP contribution in [0.15, 0.2) is 54.9 Å². The molecule has 26 heavy (non-hydrogen) atoms. The third-order valence-electron chi connectivity index (χ3n) is 3.95. The summed E-state index contributed by atoms with van der Waals surface area (Å²) in [5.74, 6) is 1.04. The molecule has 132 valence electrons. The average molecular weight is 354 g/mol. The Balaban J connectivity index is 1.62. The molecular formula is C18H16F2N6. The number of hydrogen-bond donors (Lipinski definition) is 2. The summed E-state index contributed by atoms with van der Waals surface area (Å²) in [5, 5.41) is 15.1. The lowest BCUT2D eigenvalue weighted by molar-refractivity contribution is 0.122. The van der Waals surface area contributed by atoms with Gasteiger partial charge in [-0.05, 0) is 5.56 Å². The monoisotopic (exact) mass is 354 g/mol. The number of rotatable bonds is 6. The van der Waals surface area contributed by atoms with Crippen LogP contribution in [0.1, 0.15) is 11.3 Å². The summed E-state index contributed by atoms with van der Waals surface area (Å²) in [7, 11) is 0. The van der Waals surface area contributed by atoms with Crippen molar-refractivity contribution in [3.63, 3.8) is 0 Å². The van der Waals surface area contributed by atoms with E-state index in [1.54, 1.807) is 12.3 Å². The topological polar surface area (TPSA) is 71.4 Å². The Labute approximate surface area is 147 Å². The lowest BCUT2D eigenvalue weighted by Crippen LogP contribution is -2.07. The van der Waals surface area contributed by atoms with Gasteiger partial charge in [0.1, 0.15) is 12.4 Å². The first kappa shape index (κ1) is 16.2. The van der Waals surface area contributed by atoms with Gasteiger partial charge in [0.2, 0.25) is 0 Å². The lowest BCUT2D eigenvalue weighted by Gasteiger charge is -2.08. The molecule has 0 atom stereocenters. The van der Waals surface area contributed by atoms with E-state index in [1.807, 2.05) is 36.4 Å². The number of pyridine rings is 1.